The maximum atomic E-state index is 12.7. The van der Waals surface area contributed by atoms with Crippen molar-refractivity contribution in [3.63, 3.8) is 0 Å². The van der Waals surface area contributed by atoms with E-state index in [4.69, 9.17) is 0 Å². The van der Waals surface area contributed by atoms with E-state index < -0.39 is 0 Å². The molecule has 0 atom stereocenters. The number of thiazole rings is 1. The van der Waals surface area contributed by atoms with Crippen LogP contribution in [-0.2, 0) is 4.79 Å². The molecule has 3 rings (SSSR count). The Labute approximate surface area is 154 Å². The highest BCUT2D eigenvalue weighted by atomic mass is 32.2. The molecule has 1 amide bonds. The van der Waals surface area contributed by atoms with Gasteiger partial charge in [-0.15, -0.1) is 11.3 Å². The number of para-hydroxylation sites is 1. The number of amides is 1. The molecule has 126 valence electrons. The maximum Gasteiger partial charge on any atom is 0.234 e. The Hall–Kier alpha value is -2.44. The summed E-state index contributed by atoms with van der Waals surface area (Å²) >= 11 is 2.91. The molecule has 0 unspecified atom stereocenters. The lowest BCUT2D eigenvalue weighted by Crippen LogP contribution is -2.16. The van der Waals surface area contributed by atoms with Crippen molar-refractivity contribution in [3.05, 3.63) is 76.8 Å². The summed E-state index contributed by atoms with van der Waals surface area (Å²) in [7, 11) is 0. The number of hydrogen-bond acceptors (Lipinski definition) is 5. The molecule has 0 saturated carbocycles. The first-order chi connectivity index (χ1) is 12.1. The first-order valence-electron chi connectivity index (χ1n) is 7.67. The first kappa shape index (κ1) is 17.4. The Morgan fingerprint density at radius 3 is 2.52 bits per heavy atom. The van der Waals surface area contributed by atoms with E-state index in [-0.39, 0.29) is 17.4 Å². The van der Waals surface area contributed by atoms with Gasteiger partial charge in [-0.3, -0.25) is 9.59 Å². The highest BCUT2D eigenvalue weighted by Gasteiger charge is 2.15. The number of ketones is 1. The molecular weight excluding hydrogens is 352 g/mol. The van der Waals surface area contributed by atoms with Gasteiger partial charge in [-0.2, -0.15) is 0 Å². The van der Waals surface area contributed by atoms with Crippen LogP contribution in [0.1, 0.15) is 21.6 Å². The third kappa shape index (κ3) is 4.55. The Morgan fingerprint density at radius 2 is 1.80 bits per heavy atom. The molecule has 0 spiro atoms. The number of aryl methyl sites for hydroxylation is 1. The van der Waals surface area contributed by atoms with E-state index in [2.05, 4.69) is 10.3 Å². The van der Waals surface area contributed by atoms with Gasteiger partial charge in [0.05, 0.1) is 11.4 Å². The number of anilines is 1. The van der Waals surface area contributed by atoms with Gasteiger partial charge in [0.15, 0.2) is 10.1 Å². The monoisotopic (exact) mass is 368 g/mol. The molecule has 1 aromatic heterocycles. The van der Waals surface area contributed by atoms with Crippen LogP contribution in [0.4, 0.5) is 5.69 Å². The van der Waals surface area contributed by atoms with E-state index in [0.29, 0.717) is 16.8 Å². The highest BCUT2D eigenvalue weighted by molar-refractivity contribution is 8.01. The van der Waals surface area contributed by atoms with Crippen molar-refractivity contribution in [2.75, 3.05) is 11.1 Å². The van der Waals surface area contributed by atoms with E-state index in [1.165, 1.54) is 23.1 Å². The molecule has 3 aromatic rings. The van der Waals surface area contributed by atoms with E-state index in [0.717, 1.165) is 10.0 Å². The van der Waals surface area contributed by atoms with Gasteiger partial charge in [-0.25, -0.2) is 4.98 Å². The van der Waals surface area contributed by atoms with Crippen LogP contribution in [0.25, 0.3) is 0 Å². The third-order valence-electron chi connectivity index (χ3n) is 3.41. The van der Waals surface area contributed by atoms with Crippen LogP contribution in [-0.4, -0.2) is 22.4 Å². The normalized spacial score (nSPS) is 10.4. The number of nitrogens with zero attached hydrogens (tertiary/aromatic N) is 1. The van der Waals surface area contributed by atoms with Gasteiger partial charge in [0, 0.05) is 22.2 Å². The lowest BCUT2D eigenvalue weighted by atomic mass is 10.0. The van der Waals surface area contributed by atoms with Crippen LogP contribution in [0.5, 0.6) is 0 Å². The number of thioether (sulfide) groups is 1. The minimum absolute atomic E-state index is 0.111. The van der Waals surface area contributed by atoms with Crippen molar-refractivity contribution in [2.24, 2.45) is 0 Å². The Morgan fingerprint density at radius 1 is 1.08 bits per heavy atom. The van der Waals surface area contributed by atoms with E-state index in [9.17, 15) is 9.59 Å². The maximum absolute atomic E-state index is 12.7. The zero-order valence-corrected chi connectivity index (χ0v) is 15.2. The summed E-state index contributed by atoms with van der Waals surface area (Å²) in [4.78, 5) is 29.2. The lowest BCUT2D eigenvalue weighted by Gasteiger charge is -2.10. The van der Waals surface area contributed by atoms with Crippen LogP contribution < -0.4 is 5.32 Å². The largest absolute Gasteiger partial charge is 0.325 e. The van der Waals surface area contributed by atoms with Crippen LogP contribution >= 0.6 is 23.1 Å². The second kappa shape index (κ2) is 8.09. The smallest absolute Gasteiger partial charge is 0.234 e. The number of aromatic nitrogens is 1. The fourth-order valence-corrected chi connectivity index (χ4v) is 3.90. The fraction of sp³-hybridized carbons (Fsp3) is 0.105. The summed E-state index contributed by atoms with van der Waals surface area (Å²) in [6.45, 7) is 1.92. The predicted octanol–water partition coefficient (Wildman–Crippen LogP) is 4.41. The molecule has 6 heteroatoms. The summed E-state index contributed by atoms with van der Waals surface area (Å²) < 4.78 is 0.862. The average molecular weight is 368 g/mol. The molecule has 0 aliphatic rings. The zero-order chi connectivity index (χ0) is 17.6. The second-order valence-corrected chi connectivity index (χ2v) is 7.41. The van der Waals surface area contributed by atoms with Gasteiger partial charge in [-0.1, -0.05) is 54.2 Å². The molecule has 0 aliphatic carbocycles. The third-order valence-corrected chi connectivity index (χ3v) is 5.55. The number of carbonyl (C=O) groups excluding carboxylic acids is 2. The van der Waals surface area contributed by atoms with Crippen molar-refractivity contribution >= 4 is 40.5 Å². The van der Waals surface area contributed by atoms with E-state index in [1.54, 1.807) is 36.4 Å². The number of rotatable bonds is 6. The molecule has 1 heterocycles. The van der Waals surface area contributed by atoms with Crippen LogP contribution in [0, 0.1) is 6.92 Å². The quantitative estimate of drug-likeness (QED) is 0.517. The van der Waals surface area contributed by atoms with Gasteiger partial charge < -0.3 is 5.32 Å². The minimum Gasteiger partial charge on any atom is -0.325 e. The first-order valence-corrected chi connectivity index (χ1v) is 9.53. The van der Waals surface area contributed by atoms with Crippen LogP contribution in [0.3, 0.4) is 0 Å². The highest BCUT2D eigenvalue weighted by Crippen LogP contribution is 2.23. The van der Waals surface area contributed by atoms with Crippen molar-refractivity contribution in [1.82, 2.24) is 4.98 Å². The minimum atomic E-state index is -0.161. The van der Waals surface area contributed by atoms with Gasteiger partial charge in [0.1, 0.15) is 0 Å². The standard InChI is InChI=1S/C19H16N2O2S2/c1-13-11-24-19(20-13)25-12-17(22)21-16-10-6-5-9-15(16)18(23)14-7-3-2-4-8-14/h2-11H,12H2,1H3,(H,21,22). The van der Waals surface area contributed by atoms with E-state index >= 15 is 0 Å². The molecule has 25 heavy (non-hydrogen) atoms. The number of carbonyl (C=O) groups is 2. The Bertz CT molecular complexity index is 891. The molecule has 0 fully saturated rings. The van der Waals surface area contributed by atoms with Gasteiger partial charge in [0.2, 0.25) is 5.91 Å². The molecule has 0 radical (unpaired) electrons. The van der Waals surface area contributed by atoms with Crippen molar-refractivity contribution < 1.29 is 9.59 Å². The number of benzene rings is 2. The van der Waals surface area contributed by atoms with Crippen molar-refractivity contribution in [3.8, 4) is 0 Å². The van der Waals surface area contributed by atoms with Crippen LogP contribution in [0.2, 0.25) is 0 Å². The summed E-state index contributed by atoms with van der Waals surface area (Å²) in [5, 5.41) is 4.79. The van der Waals surface area contributed by atoms with Gasteiger partial charge in [-0.05, 0) is 19.1 Å². The fourth-order valence-electron chi connectivity index (χ4n) is 2.25. The van der Waals surface area contributed by atoms with Crippen molar-refractivity contribution in [1.29, 1.82) is 0 Å². The number of hydrogen-bond donors (Lipinski definition) is 1. The summed E-state index contributed by atoms with van der Waals surface area (Å²) in [6, 6.07) is 16.1. The average Bonchev–Trinajstić information content (AvgIpc) is 3.06. The molecule has 0 aliphatic heterocycles. The topological polar surface area (TPSA) is 59.1 Å². The van der Waals surface area contributed by atoms with Gasteiger partial charge in [0.25, 0.3) is 0 Å². The predicted molar refractivity (Wildman–Crippen MR) is 103 cm³/mol. The molecule has 4 nitrogen and oxygen atoms in total. The van der Waals surface area contributed by atoms with Crippen molar-refractivity contribution in [2.45, 2.75) is 11.3 Å². The molecule has 0 saturated heterocycles. The number of nitrogens with one attached hydrogen (secondary N) is 1. The SMILES string of the molecule is Cc1csc(SCC(=O)Nc2ccccc2C(=O)c2ccccc2)n1. The summed E-state index contributed by atoms with van der Waals surface area (Å²) in [6.07, 6.45) is 0. The second-order valence-electron chi connectivity index (χ2n) is 5.33. The van der Waals surface area contributed by atoms with Crippen LogP contribution in [0.15, 0.2) is 64.3 Å². The zero-order valence-electron chi connectivity index (χ0n) is 13.6. The molecule has 1 N–H and O–H groups in total. The molecule has 2 aromatic carbocycles. The lowest BCUT2D eigenvalue weighted by molar-refractivity contribution is -0.113. The van der Waals surface area contributed by atoms with E-state index in [1.807, 2.05) is 30.5 Å². The van der Waals surface area contributed by atoms with Gasteiger partial charge >= 0.3 is 0 Å². The Balaban J connectivity index is 1.70. The molecular formula is C19H16N2O2S2. The summed E-state index contributed by atoms with van der Waals surface area (Å²) in [5.41, 5.74) is 2.55. The Kier molecular flexibility index (Phi) is 5.63. The molecule has 0 bridgehead atoms. The summed E-state index contributed by atoms with van der Waals surface area (Å²) in [5.74, 6) is -0.0215.